The van der Waals surface area contributed by atoms with Crippen LogP contribution in [0.2, 0.25) is 0 Å². The highest BCUT2D eigenvalue weighted by Gasteiger charge is 2.36. The maximum atomic E-state index is 12.6. The van der Waals surface area contributed by atoms with Crippen LogP contribution < -0.4 is 5.32 Å². The van der Waals surface area contributed by atoms with E-state index in [1.807, 2.05) is 42.8 Å². The Balaban J connectivity index is 1.55. The van der Waals surface area contributed by atoms with Crippen LogP contribution >= 0.6 is 0 Å². The molecule has 1 N–H and O–H groups in total. The zero-order valence-electron chi connectivity index (χ0n) is 15.5. The number of carbonyl (C=O) groups excluding carboxylic acids is 2. The molecule has 0 unspecified atom stereocenters. The Kier molecular flexibility index (Phi) is 4.93. The van der Waals surface area contributed by atoms with Crippen LogP contribution in [0.15, 0.2) is 36.9 Å². The van der Waals surface area contributed by atoms with Crippen molar-refractivity contribution >= 4 is 17.5 Å². The van der Waals surface area contributed by atoms with E-state index in [-0.39, 0.29) is 11.8 Å². The number of nitrogens with zero attached hydrogens (tertiary/aromatic N) is 3. The minimum atomic E-state index is -0.601. The Hall–Kier alpha value is -2.89. The lowest BCUT2D eigenvalue weighted by molar-refractivity contribution is -0.124. The quantitative estimate of drug-likeness (QED) is 0.813. The second kappa shape index (κ2) is 7.15. The number of amides is 2. The van der Waals surface area contributed by atoms with Crippen LogP contribution in [-0.2, 0) is 11.3 Å². The van der Waals surface area contributed by atoms with Gasteiger partial charge in [0.1, 0.15) is 6.04 Å². The number of carbonyl (C=O) groups is 2. The fourth-order valence-electron chi connectivity index (χ4n) is 3.32. The highest BCUT2D eigenvalue weighted by Crippen LogP contribution is 2.32. The molecule has 1 aliphatic rings. The minimum absolute atomic E-state index is 0.170. The van der Waals surface area contributed by atoms with Crippen LogP contribution in [0.25, 0.3) is 5.70 Å². The summed E-state index contributed by atoms with van der Waals surface area (Å²) in [5.41, 5.74) is 4.07. The predicted molar refractivity (Wildman–Crippen MR) is 100 cm³/mol. The molecule has 2 amide bonds. The summed E-state index contributed by atoms with van der Waals surface area (Å²) < 4.78 is 1.94. The first-order valence-electron chi connectivity index (χ1n) is 8.80. The summed E-state index contributed by atoms with van der Waals surface area (Å²) in [5.74, 6) is -0.350. The summed E-state index contributed by atoms with van der Waals surface area (Å²) in [6.07, 6.45) is 0.773. The number of hydrogen-bond donors (Lipinski definition) is 1. The first-order chi connectivity index (χ1) is 12.4. The maximum absolute atomic E-state index is 12.6. The van der Waals surface area contributed by atoms with Gasteiger partial charge in [-0.05, 0) is 39.3 Å². The molecule has 1 aliphatic heterocycles. The van der Waals surface area contributed by atoms with E-state index in [0.717, 1.165) is 29.9 Å². The van der Waals surface area contributed by atoms with E-state index in [9.17, 15) is 9.59 Å². The van der Waals surface area contributed by atoms with Crippen molar-refractivity contribution in [3.63, 3.8) is 0 Å². The van der Waals surface area contributed by atoms with Gasteiger partial charge in [0.2, 0.25) is 5.91 Å². The van der Waals surface area contributed by atoms with Crippen LogP contribution in [0.5, 0.6) is 0 Å². The van der Waals surface area contributed by atoms with Gasteiger partial charge in [-0.3, -0.25) is 19.2 Å². The van der Waals surface area contributed by atoms with Crippen LogP contribution in [-0.4, -0.2) is 39.1 Å². The van der Waals surface area contributed by atoms with Crippen LogP contribution in [0.1, 0.15) is 40.7 Å². The zero-order valence-corrected chi connectivity index (χ0v) is 15.5. The summed E-state index contributed by atoms with van der Waals surface area (Å²) in [5, 5.41) is 7.32. The molecule has 0 bridgehead atoms. The zero-order chi connectivity index (χ0) is 18.8. The van der Waals surface area contributed by atoms with E-state index >= 15 is 0 Å². The molecule has 1 atom stereocenters. The Labute approximate surface area is 153 Å². The normalized spacial score (nSPS) is 14.5. The molecule has 0 spiro atoms. The molecule has 0 radical (unpaired) electrons. The second-order valence-corrected chi connectivity index (χ2v) is 6.64. The third-order valence-electron chi connectivity index (χ3n) is 4.69. The molecule has 6 heteroatoms. The standard InChI is InChI=1S/C20H24N4O2/c1-13-12-14(2)23(22-13)11-7-10-21-19(25)16(4)24-15(3)17-8-5-6-9-18(17)20(24)26/h5-6,8-9,12,16H,3,7,10-11H2,1-2,4H3,(H,21,25)/t16-/m0/s1. The molecule has 136 valence electrons. The first kappa shape index (κ1) is 17.9. The van der Waals surface area contributed by atoms with E-state index in [4.69, 9.17) is 0 Å². The van der Waals surface area contributed by atoms with E-state index in [2.05, 4.69) is 17.0 Å². The summed E-state index contributed by atoms with van der Waals surface area (Å²) in [7, 11) is 0. The lowest BCUT2D eigenvalue weighted by Crippen LogP contribution is -2.45. The number of benzene rings is 1. The van der Waals surface area contributed by atoms with Crippen molar-refractivity contribution in [2.45, 2.75) is 39.8 Å². The molecule has 2 aromatic rings. The lowest BCUT2D eigenvalue weighted by Gasteiger charge is -2.24. The molecule has 0 fully saturated rings. The number of nitrogens with one attached hydrogen (secondary N) is 1. The molecular weight excluding hydrogens is 328 g/mol. The Morgan fingerprint density at radius 2 is 1.96 bits per heavy atom. The van der Waals surface area contributed by atoms with Crippen molar-refractivity contribution in [1.82, 2.24) is 20.0 Å². The maximum Gasteiger partial charge on any atom is 0.259 e. The van der Waals surface area contributed by atoms with Crippen LogP contribution in [0.4, 0.5) is 0 Å². The third-order valence-corrected chi connectivity index (χ3v) is 4.69. The summed E-state index contributed by atoms with van der Waals surface area (Å²) in [6.45, 7) is 11.0. The van der Waals surface area contributed by atoms with Gasteiger partial charge in [-0.25, -0.2) is 0 Å². The van der Waals surface area contributed by atoms with Gasteiger partial charge in [0.25, 0.3) is 5.91 Å². The van der Waals surface area contributed by atoms with Crippen molar-refractivity contribution < 1.29 is 9.59 Å². The molecule has 0 saturated carbocycles. The van der Waals surface area contributed by atoms with Gasteiger partial charge >= 0.3 is 0 Å². The summed E-state index contributed by atoms with van der Waals surface area (Å²) in [4.78, 5) is 26.5. The monoisotopic (exact) mass is 352 g/mol. The number of rotatable bonds is 6. The smallest absolute Gasteiger partial charge is 0.259 e. The van der Waals surface area contributed by atoms with Crippen molar-refractivity contribution in [3.8, 4) is 0 Å². The third kappa shape index (κ3) is 3.27. The van der Waals surface area contributed by atoms with E-state index in [0.29, 0.717) is 17.8 Å². The Bertz CT molecular complexity index is 833. The van der Waals surface area contributed by atoms with Crippen molar-refractivity contribution in [2.24, 2.45) is 0 Å². The molecule has 6 nitrogen and oxygen atoms in total. The molecule has 0 aliphatic carbocycles. The molecule has 26 heavy (non-hydrogen) atoms. The average Bonchev–Trinajstić information content (AvgIpc) is 3.07. The first-order valence-corrected chi connectivity index (χ1v) is 8.80. The van der Waals surface area contributed by atoms with Gasteiger partial charge < -0.3 is 5.32 Å². The second-order valence-electron chi connectivity index (χ2n) is 6.64. The van der Waals surface area contributed by atoms with E-state index < -0.39 is 6.04 Å². The molecule has 1 aromatic carbocycles. The van der Waals surface area contributed by atoms with Gasteiger partial charge in [-0.15, -0.1) is 0 Å². The molecular formula is C20H24N4O2. The van der Waals surface area contributed by atoms with Gasteiger partial charge in [-0.1, -0.05) is 24.8 Å². The minimum Gasteiger partial charge on any atom is -0.354 e. The number of fused-ring (bicyclic) bond motifs is 1. The topological polar surface area (TPSA) is 67.2 Å². The van der Waals surface area contributed by atoms with Gasteiger partial charge in [0, 0.05) is 35.6 Å². The summed E-state index contributed by atoms with van der Waals surface area (Å²) in [6, 6.07) is 8.73. The van der Waals surface area contributed by atoms with Crippen molar-refractivity contribution in [1.29, 1.82) is 0 Å². The van der Waals surface area contributed by atoms with Crippen molar-refractivity contribution in [3.05, 3.63) is 59.4 Å². The molecule has 1 aromatic heterocycles. The SMILES string of the molecule is C=C1c2ccccc2C(=O)N1[C@@H](C)C(=O)NCCCn1nc(C)cc1C. The molecule has 0 saturated heterocycles. The number of hydrogen-bond acceptors (Lipinski definition) is 3. The average molecular weight is 352 g/mol. The summed E-state index contributed by atoms with van der Waals surface area (Å²) >= 11 is 0. The fraction of sp³-hybridized carbons (Fsp3) is 0.350. The number of aromatic nitrogens is 2. The largest absolute Gasteiger partial charge is 0.354 e. The van der Waals surface area contributed by atoms with Crippen LogP contribution in [0.3, 0.4) is 0 Å². The predicted octanol–water partition coefficient (Wildman–Crippen LogP) is 2.52. The van der Waals surface area contributed by atoms with Crippen LogP contribution in [0, 0.1) is 13.8 Å². The Morgan fingerprint density at radius 3 is 2.58 bits per heavy atom. The molecule has 3 rings (SSSR count). The van der Waals surface area contributed by atoms with Gasteiger partial charge in [0.05, 0.1) is 5.69 Å². The lowest BCUT2D eigenvalue weighted by atomic mass is 10.1. The highest BCUT2D eigenvalue weighted by molar-refractivity contribution is 6.10. The Morgan fingerprint density at radius 1 is 1.27 bits per heavy atom. The number of aryl methyl sites for hydroxylation is 3. The van der Waals surface area contributed by atoms with Gasteiger partial charge in [0.15, 0.2) is 0 Å². The van der Waals surface area contributed by atoms with E-state index in [1.54, 1.807) is 13.0 Å². The van der Waals surface area contributed by atoms with Gasteiger partial charge in [-0.2, -0.15) is 5.10 Å². The molecule has 2 heterocycles. The van der Waals surface area contributed by atoms with E-state index in [1.165, 1.54) is 4.90 Å². The highest BCUT2D eigenvalue weighted by atomic mass is 16.2. The fourth-order valence-corrected chi connectivity index (χ4v) is 3.32. The van der Waals surface area contributed by atoms with Crippen molar-refractivity contribution in [2.75, 3.05) is 6.54 Å².